The quantitative estimate of drug-likeness (QED) is 0.157. The Morgan fingerprint density at radius 3 is 2.49 bits per heavy atom. The van der Waals surface area contributed by atoms with Crippen LogP contribution in [0.3, 0.4) is 0 Å². The van der Waals surface area contributed by atoms with Gasteiger partial charge in [-0.15, -0.1) is 11.3 Å². The molecule has 2 aromatic carbocycles. The summed E-state index contributed by atoms with van der Waals surface area (Å²) < 4.78 is 10.0. The Hall–Kier alpha value is -3.56. The number of benzene rings is 2. The molecule has 0 bridgehead atoms. The van der Waals surface area contributed by atoms with E-state index in [-0.39, 0.29) is 6.03 Å². The van der Waals surface area contributed by atoms with Crippen molar-refractivity contribution < 1.29 is 14.3 Å². The molecule has 0 aliphatic heterocycles. The highest BCUT2D eigenvalue weighted by molar-refractivity contribution is 7.99. The lowest BCUT2D eigenvalue weighted by Gasteiger charge is -2.16. The van der Waals surface area contributed by atoms with Crippen LogP contribution in [0.4, 0.5) is 4.79 Å². The number of carbonyl (C=O) groups excluding carboxylic acids is 2. The van der Waals surface area contributed by atoms with Crippen LogP contribution in [-0.4, -0.2) is 46.9 Å². The molecule has 2 heterocycles. The zero-order chi connectivity index (χ0) is 27.9. The fraction of sp³-hybridized carbons (Fsp3) is 0.300. The minimum absolute atomic E-state index is 0.112. The molecular formula is C30H34N4O3S2. The standard InChI is InChI=1S/C30H34N4O3S2/c1-6-31-30(36)33(4)39-29-25(17-24(38-29)16-20(2)3)22-14-12-21(13-15-22)18-34-26(19-35)28(37-5)32-27(34)23-10-8-7-9-11-23/h7-15,17,19-20H,6,16,18H2,1-5H3,(H,31,36). The van der Waals surface area contributed by atoms with Gasteiger partial charge in [0.2, 0.25) is 5.88 Å². The SMILES string of the molecule is CCNC(=O)N(C)Sc1sc(CC(C)C)cc1-c1ccc(Cn2c(-c3ccccc3)nc(OC)c2C=O)cc1. The molecule has 0 aliphatic carbocycles. The van der Waals surface area contributed by atoms with Gasteiger partial charge < -0.3 is 14.6 Å². The van der Waals surface area contributed by atoms with Crippen molar-refractivity contribution in [2.75, 3.05) is 20.7 Å². The molecular weight excluding hydrogens is 528 g/mol. The third-order valence-corrected chi connectivity index (χ3v) is 8.36. The number of imidazole rings is 1. The zero-order valence-electron chi connectivity index (χ0n) is 22.9. The van der Waals surface area contributed by atoms with E-state index in [1.165, 1.54) is 23.9 Å². The van der Waals surface area contributed by atoms with Gasteiger partial charge in [0.05, 0.1) is 11.3 Å². The van der Waals surface area contributed by atoms with Crippen molar-refractivity contribution in [1.82, 2.24) is 19.2 Å². The van der Waals surface area contributed by atoms with Crippen molar-refractivity contribution in [2.24, 2.45) is 5.92 Å². The Kier molecular flexibility index (Phi) is 9.48. The number of carbonyl (C=O) groups is 2. The van der Waals surface area contributed by atoms with E-state index in [2.05, 4.69) is 54.5 Å². The van der Waals surface area contributed by atoms with Crippen LogP contribution in [0.1, 0.15) is 41.7 Å². The molecule has 0 saturated carbocycles. The summed E-state index contributed by atoms with van der Waals surface area (Å²) in [4.78, 5) is 30.3. The Morgan fingerprint density at radius 2 is 1.87 bits per heavy atom. The van der Waals surface area contributed by atoms with Crippen molar-refractivity contribution in [1.29, 1.82) is 0 Å². The molecule has 4 aromatic rings. The van der Waals surface area contributed by atoms with Crippen LogP contribution >= 0.6 is 23.3 Å². The molecule has 2 aromatic heterocycles. The first kappa shape index (κ1) is 28.4. The monoisotopic (exact) mass is 562 g/mol. The van der Waals surface area contributed by atoms with Gasteiger partial charge >= 0.3 is 6.03 Å². The van der Waals surface area contributed by atoms with Gasteiger partial charge in [0.1, 0.15) is 11.5 Å². The third-order valence-electron chi connectivity index (χ3n) is 6.11. The lowest BCUT2D eigenvalue weighted by Crippen LogP contribution is -2.32. The van der Waals surface area contributed by atoms with Crippen molar-refractivity contribution >= 4 is 35.6 Å². The molecule has 0 fully saturated rings. The Balaban J connectivity index is 1.65. The summed E-state index contributed by atoms with van der Waals surface area (Å²) in [6.07, 6.45) is 1.78. The summed E-state index contributed by atoms with van der Waals surface area (Å²) in [5.41, 5.74) is 4.55. The van der Waals surface area contributed by atoms with Gasteiger partial charge in [-0.2, -0.15) is 4.98 Å². The summed E-state index contributed by atoms with van der Waals surface area (Å²) in [5.74, 6) is 1.53. The molecule has 1 N–H and O–H groups in total. The number of hydrogen-bond acceptors (Lipinski definition) is 6. The molecule has 0 aliphatic rings. The van der Waals surface area contributed by atoms with Gasteiger partial charge in [-0.05, 0) is 36.5 Å². The minimum Gasteiger partial charge on any atom is -0.479 e. The Labute approximate surface area is 238 Å². The van der Waals surface area contributed by atoms with E-state index < -0.39 is 0 Å². The van der Waals surface area contributed by atoms with Crippen LogP contribution in [0.15, 0.2) is 64.9 Å². The first-order chi connectivity index (χ1) is 18.8. The van der Waals surface area contributed by atoms with E-state index in [4.69, 9.17) is 4.74 Å². The second-order valence-electron chi connectivity index (χ2n) is 9.53. The summed E-state index contributed by atoms with van der Waals surface area (Å²) in [7, 11) is 3.31. The number of rotatable bonds is 11. The normalized spacial score (nSPS) is 11.0. The number of ether oxygens (including phenoxy) is 1. The van der Waals surface area contributed by atoms with Gasteiger partial charge in [0.25, 0.3) is 0 Å². The van der Waals surface area contributed by atoms with E-state index in [1.807, 2.05) is 41.8 Å². The van der Waals surface area contributed by atoms with E-state index >= 15 is 0 Å². The van der Waals surface area contributed by atoms with Crippen LogP contribution in [0.2, 0.25) is 0 Å². The zero-order valence-corrected chi connectivity index (χ0v) is 24.6. The number of amides is 2. The number of thiophene rings is 1. The van der Waals surface area contributed by atoms with Crippen molar-refractivity contribution in [2.45, 2.75) is 37.9 Å². The third kappa shape index (κ3) is 6.72. The molecule has 0 atom stereocenters. The maximum absolute atomic E-state index is 12.4. The molecule has 0 radical (unpaired) electrons. The lowest BCUT2D eigenvalue weighted by atomic mass is 10.0. The second-order valence-corrected chi connectivity index (χ2v) is 12.1. The Bertz CT molecular complexity index is 1410. The summed E-state index contributed by atoms with van der Waals surface area (Å²) in [5, 5.41) is 2.86. The van der Waals surface area contributed by atoms with Crippen molar-refractivity contribution in [3.05, 3.63) is 76.8 Å². The molecule has 4 rings (SSSR count). The van der Waals surface area contributed by atoms with Crippen LogP contribution in [0, 0.1) is 5.92 Å². The van der Waals surface area contributed by atoms with Crippen LogP contribution < -0.4 is 10.1 Å². The highest BCUT2D eigenvalue weighted by atomic mass is 32.2. The van der Waals surface area contributed by atoms with E-state index in [0.717, 1.165) is 39.2 Å². The average molecular weight is 563 g/mol. The summed E-state index contributed by atoms with van der Waals surface area (Å²) in [6, 6.07) is 20.3. The van der Waals surface area contributed by atoms with Crippen LogP contribution in [-0.2, 0) is 13.0 Å². The predicted molar refractivity (Wildman–Crippen MR) is 160 cm³/mol. The number of hydrogen-bond donors (Lipinski definition) is 1. The number of methoxy groups -OCH3 is 1. The van der Waals surface area contributed by atoms with Gasteiger partial charge in [-0.1, -0.05) is 68.4 Å². The van der Waals surface area contributed by atoms with Crippen molar-refractivity contribution in [3.8, 4) is 28.4 Å². The summed E-state index contributed by atoms with van der Waals surface area (Å²) in [6.45, 7) is 7.39. The molecule has 204 valence electrons. The molecule has 39 heavy (non-hydrogen) atoms. The Morgan fingerprint density at radius 1 is 1.15 bits per heavy atom. The summed E-state index contributed by atoms with van der Waals surface area (Å²) >= 11 is 3.19. The maximum Gasteiger partial charge on any atom is 0.327 e. The number of urea groups is 1. The fourth-order valence-corrected chi connectivity index (χ4v) is 6.87. The molecule has 0 spiro atoms. The molecule has 9 heteroatoms. The highest BCUT2D eigenvalue weighted by Crippen LogP contribution is 2.41. The van der Waals surface area contributed by atoms with Crippen LogP contribution in [0.25, 0.3) is 22.5 Å². The molecule has 2 amide bonds. The maximum atomic E-state index is 12.4. The molecule has 0 unspecified atom stereocenters. The van der Waals surface area contributed by atoms with Gasteiger partial charge in [0.15, 0.2) is 6.29 Å². The molecule has 7 nitrogen and oxygen atoms in total. The topological polar surface area (TPSA) is 76.5 Å². The predicted octanol–water partition coefficient (Wildman–Crippen LogP) is 7.01. The van der Waals surface area contributed by atoms with E-state index in [0.29, 0.717) is 36.4 Å². The first-order valence-electron chi connectivity index (χ1n) is 12.9. The second kappa shape index (κ2) is 13.0. The van der Waals surface area contributed by atoms with E-state index in [1.54, 1.807) is 22.7 Å². The fourth-order valence-electron chi connectivity index (χ4n) is 4.27. The first-order valence-corrected chi connectivity index (χ1v) is 14.5. The number of aromatic nitrogens is 2. The van der Waals surface area contributed by atoms with Crippen LogP contribution in [0.5, 0.6) is 5.88 Å². The van der Waals surface area contributed by atoms with Gasteiger partial charge in [0, 0.05) is 48.1 Å². The van der Waals surface area contributed by atoms with Gasteiger partial charge in [-0.3, -0.25) is 9.10 Å². The lowest BCUT2D eigenvalue weighted by molar-refractivity contribution is 0.111. The number of nitrogens with zero attached hydrogens (tertiary/aromatic N) is 3. The number of nitrogens with one attached hydrogen (secondary N) is 1. The minimum atomic E-state index is -0.112. The highest BCUT2D eigenvalue weighted by Gasteiger charge is 2.20. The number of aldehydes is 1. The van der Waals surface area contributed by atoms with E-state index in [9.17, 15) is 9.59 Å². The largest absolute Gasteiger partial charge is 0.479 e. The van der Waals surface area contributed by atoms with Crippen molar-refractivity contribution in [3.63, 3.8) is 0 Å². The smallest absolute Gasteiger partial charge is 0.327 e. The average Bonchev–Trinajstić information content (AvgIpc) is 3.49. The van der Waals surface area contributed by atoms with Gasteiger partial charge in [-0.25, -0.2) is 4.79 Å². The molecule has 0 saturated heterocycles.